The van der Waals surface area contributed by atoms with Crippen molar-refractivity contribution >= 4 is 23.4 Å². The Morgan fingerprint density at radius 2 is 1.93 bits per heavy atom. The van der Waals surface area contributed by atoms with E-state index in [4.69, 9.17) is 4.74 Å². The highest BCUT2D eigenvalue weighted by atomic mass is 16.6. The minimum Gasteiger partial charge on any atom is -0.497 e. The van der Waals surface area contributed by atoms with E-state index in [0.717, 1.165) is 17.7 Å². The fourth-order valence-electron chi connectivity index (χ4n) is 2.85. The number of hydroxylamine groups is 2. The fourth-order valence-corrected chi connectivity index (χ4v) is 2.85. The van der Waals surface area contributed by atoms with E-state index in [9.17, 15) is 29.7 Å². The number of hydrogen-bond acceptors (Lipinski definition) is 7. The summed E-state index contributed by atoms with van der Waals surface area (Å²) in [6, 6.07) is 10.1. The van der Waals surface area contributed by atoms with Gasteiger partial charge in [-0.05, 0) is 23.3 Å². The third-order valence-corrected chi connectivity index (χ3v) is 4.33. The van der Waals surface area contributed by atoms with Crippen LogP contribution in [0.15, 0.2) is 42.5 Å². The highest BCUT2D eigenvalue weighted by Crippen LogP contribution is 2.31. The van der Waals surface area contributed by atoms with Gasteiger partial charge in [0.2, 0.25) is 5.91 Å². The normalized spacial score (nSPS) is 15.8. The Morgan fingerprint density at radius 3 is 2.54 bits per heavy atom. The molecular formula is C18H15N3O7. The summed E-state index contributed by atoms with van der Waals surface area (Å²) in [7, 11) is 1.52. The molecule has 0 fully saturated rings. The molecule has 1 unspecified atom stereocenters. The van der Waals surface area contributed by atoms with Crippen LogP contribution >= 0.6 is 0 Å². The van der Waals surface area contributed by atoms with E-state index in [1.165, 1.54) is 13.2 Å². The first-order chi connectivity index (χ1) is 13.3. The molecule has 2 aromatic carbocycles. The van der Waals surface area contributed by atoms with E-state index in [2.05, 4.69) is 5.32 Å². The Bertz CT molecular complexity index is 972. The van der Waals surface area contributed by atoms with Crippen LogP contribution < -0.4 is 10.1 Å². The Labute approximate surface area is 158 Å². The van der Waals surface area contributed by atoms with Crippen LogP contribution in [0.2, 0.25) is 0 Å². The van der Waals surface area contributed by atoms with Gasteiger partial charge in [0.25, 0.3) is 17.5 Å². The van der Waals surface area contributed by atoms with Gasteiger partial charge in [0, 0.05) is 18.7 Å². The summed E-state index contributed by atoms with van der Waals surface area (Å²) in [5.74, 6) is -3.86. The summed E-state index contributed by atoms with van der Waals surface area (Å²) < 4.78 is 5.05. The number of nitrogens with one attached hydrogen (secondary N) is 1. The first-order valence-electron chi connectivity index (χ1n) is 8.09. The standard InChI is InChI=1S/C18H15N3O7/c1-28-12-5-2-10(3-6-12)9-19-16(22)15-13-7-4-11(21(26)27)8-14(13)17(23)20(25)18(15)24/h2-8,15,25H,9H2,1H3,(H,19,22). The summed E-state index contributed by atoms with van der Waals surface area (Å²) in [6.45, 7) is 0.0916. The molecule has 10 nitrogen and oxygen atoms in total. The SMILES string of the molecule is COc1ccc(CNC(=O)C2C(=O)N(O)C(=O)c3cc([N+](=O)[O-])ccc32)cc1. The summed E-state index contributed by atoms with van der Waals surface area (Å²) in [5, 5.41) is 23.1. The zero-order chi connectivity index (χ0) is 20.4. The lowest BCUT2D eigenvalue weighted by atomic mass is 9.88. The number of benzene rings is 2. The molecular weight excluding hydrogens is 370 g/mol. The molecule has 28 heavy (non-hydrogen) atoms. The Hall–Kier alpha value is -3.79. The predicted octanol–water partition coefficient (Wildman–Crippen LogP) is 1.37. The van der Waals surface area contributed by atoms with Gasteiger partial charge >= 0.3 is 0 Å². The van der Waals surface area contributed by atoms with Gasteiger partial charge < -0.3 is 10.1 Å². The van der Waals surface area contributed by atoms with Crippen LogP contribution in [0, 0.1) is 10.1 Å². The molecule has 0 aromatic heterocycles. The zero-order valence-corrected chi connectivity index (χ0v) is 14.6. The molecule has 144 valence electrons. The van der Waals surface area contributed by atoms with Crippen LogP contribution in [-0.2, 0) is 16.1 Å². The van der Waals surface area contributed by atoms with Gasteiger partial charge in [-0.15, -0.1) is 0 Å². The second-order valence-electron chi connectivity index (χ2n) is 5.98. The first-order valence-corrected chi connectivity index (χ1v) is 8.09. The Morgan fingerprint density at radius 1 is 1.25 bits per heavy atom. The minimum atomic E-state index is -1.50. The largest absolute Gasteiger partial charge is 0.497 e. The number of nitro benzene ring substituents is 1. The molecule has 0 saturated heterocycles. The molecule has 10 heteroatoms. The highest BCUT2D eigenvalue weighted by molar-refractivity contribution is 6.18. The van der Waals surface area contributed by atoms with E-state index in [0.29, 0.717) is 5.75 Å². The van der Waals surface area contributed by atoms with E-state index < -0.39 is 34.3 Å². The first kappa shape index (κ1) is 19.0. The number of methoxy groups -OCH3 is 1. The topological polar surface area (TPSA) is 139 Å². The monoisotopic (exact) mass is 385 g/mol. The van der Waals surface area contributed by atoms with E-state index in [-0.39, 0.29) is 22.7 Å². The number of hydrogen-bond donors (Lipinski definition) is 2. The number of amides is 3. The molecule has 1 heterocycles. The number of rotatable bonds is 5. The molecule has 2 N–H and O–H groups in total. The summed E-state index contributed by atoms with van der Waals surface area (Å²) in [4.78, 5) is 47.2. The number of ether oxygens (including phenoxy) is 1. The fraction of sp³-hybridized carbons (Fsp3) is 0.167. The maximum Gasteiger partial charge on any atom is 0.285 e. The highest BCUT2D eigenvalue weighted by Gasteiger charge is 2.43. The lowest BCUT2D eigenvalue weighted by molar-refractivity contribution is -0.384. The molecule has 0 saturated carbocycles. The summed E-state index contributed by atoms with van der Waals surface area (Å²) >= 11 is 0. The van der Waals surface area contributed by atoms with Crippen molar-refractivity contribution in [1.82, 2.24) is 10.4 Å². The number of carbonyl (C=O) groups is 3. The average molecular weight is 385 g/mol. The quantitative estimate of drug-likeness (QED) is 0.260. The Kier molecular flexibility index (Phi) is 5.05. The van der Waals surface area contributed by atoms with Crippen molar-refractivity contribution in [2.24, 2.45) is 0 Å². The van der Waals surface area contributed by atoms with Crippen molar-refractivity contribution in [2.45, 2.75) is 12.5 Å². The van der Waals surface area contributed by atoms with Crippen LogP contribution in [0.25, 0.3) is 0 Å². The van der Waals surface area contributed by atoms with Crippen LogP contribution in [0.1, 0.15) is 27.4 Å². The number of fused-ring (bicyclic) bond motifs is 1. The summed E-state index contributed by atoms with van der Waals surface area (Å²) in [5.41, 5.74) is 0.0598. The predicted molar refractivity (Wildman–Crippen MR) is 93.6 cm³/mol. The molecule has 0 aliphatic carbocycles. The van der Waals surface area contributed by atoms with E-state index >= 15 is 0 Å². The molecule has 0 bridgehead atoms. The molecule has 3 rings (SSSR count). The number of carbonyl (C=O) groups excluding carboxylic acids is 3. The van der Waals surface area contributed by atoms with Crippen molar-refractivity contribution in [3.05, 3.63) is 69.3 Å². The molecule has 1 atom stereocenters. The van der Waals surface area contributed by atoms with E-state index in [1.54, 1.807) is 24.3 Å². The second kappa shape index (κ2) is 7.45. The lowest BCUT2D eigenvalue weighted by Crippen LogP contribution is -2.47. The van der Waals surface area contributed by atoms with Crippen LogP contribution in [0.4, 0.5) is 5.69 Å². The van der Waals surface area contributed by atoms with Gasteiger partial charge in [-0.2, -0.15) is 5.06 Å². The zero-order valence-electron chi connectivity index (χ0n) is 14.6. The maximum atomic E-state index is 12.6. The molecule has 0 radical (unpaired) electrons. The number of non-ortho nitro benzene ring substituents is 1. The molecule has 2 aromatic rings. The number of nitro groups is 1. The summed E-state index contributed by atoms with van der Waals surface area (Å²) in [6.07, 6.45) is 0. The average Bonchev–Trinajstić information content (AvgIpc) is 2.70. The third kappa shape index (κ3) is 3.40. The smallest absolute Gasteiger partial charge is 0.285 e. The van der Waals surface area contributed by atoms with Crippen molar-refractivity contribution in [3.63, 3.8) is 0 Å². The van der Waals surface area contributed by atoms with Gasteiger partial charge in [-0.3, -0.25) is 29.7 Å². The second-order valence-corrected chi connectivity index (χ2v) is 5.98. The van der Waals surface area contributed by atoms with Gasteiger partial charge in [-0.1, -0.05) is 18.2 Å². The van der Waals surface area contributed by atoms with Gasteiger partial charge in [0.15, 0.2) is 0 Å². The van der Waals surface area contributed by atoms with E-state index in [1.807, 2.05) is 0 Å². The maximum absolute atomic E-state index is 12.6. The molecule has 1 aliphatic rings. The molecule has 0 spiro atoms. The lowest BCUT2D eigenvalue weighted by Gasteiger charge is -2.27. The molecule has 1 aliphatic heterocycles. The van der Waals surface area contributed by atoms with Crippen LogP contribution in [0.5, 0.6) is 5.75 Å². The van der Waals surface area contributed by atoms with Crippen molar-refractivity contribution < 1.29 is 29.3 Å². The molecule has 3 amide bonds. The number of imide groups is 1. The van der Waals surface area contributed by atoms with Gasteiger partial charge in [-0.25, -0.2) is 0 Å². The van der Waals surface area contributed by atoms with Crippen molar-refractivity contribution in [3.8, 4) is 5.75 Å². The van der Waals surface area contributed by atoms with Crippen molar-refractivity contribution in [1.29, 1.82) is 0 Å². The van der Waals surface area contributed by atoms with Crippen LogP contribution in [0.3, 0.4) is 0 Å². The minimum absolute atomic E-state index is 0.00173. The third-order valence-electron chi connectivity index (χ3n) is 4.33. The Balaban J connectivity index is 1.86. The van der Waals surface area contributed by atoms with Crippen molar-refractivity contribution in [2.75, 3.05) is 7.11 Å². The van der Waals surface area contributed by atoms with Crippen LogP contribution in [-0.4, -0.2) is 40.0 Å². The van der Waals surface area contributed by atoms with Gasteiger partial charge in [0.1, 0.15) is 11.7 Å². The number of nitrogens with zero attached hydrogens (tertiary/aromatic N) is 2. The van der Waals surface area contributed by atoms with Gasteiger partial charge in [0.05, 0.1) is 17.6 Å².